The predicted molar refractivity (Wildman–Crippen MR) is 109 cm³/mol. The molecule has 29 heavy (non-hydrogen) atoms. The molecule has 3 aromatic rings. The maximum absolute atomic E-state index is 13.2. The van der Waals surface area contributed by atoms with Gasteiger partial charge in [0.15, 0.2) is 0 Å². The number of ether oxygens (including phenoxy) is 3. The Kier molecular flexibility index (Phi) is 5.48. The van der Waals surface area contributed by atoms with Crippen LogP contribution in [-0.2, 0) is 4.74 Å². The van der Waals surface area contributed by atoms with Gasteiger partial charge in [0.2, 0.25) is 0 Å². The van der Waals surface area contributed by atoms with E-state index < -0.39 is 0 Å². The summed E-state index contributed by atoms with van der Waals surface area (Å²) in [5.41, 5.74) is 2.94. The van der Waals surface area contributed by atoms with Gasteiger partial charge in [0.25, 0.3) is 5.91 Å². The van der Waals surface area contributed by atoms with Gasteiger partial charge in [-0.15, -0.1) is 0 Å². The zero-order valence-electron chi connectivity index (χ0n) is 16.5. The molecule has 2 heterocycles. The van der Waals surface area contributed by atoms with E-state index in [1.54, 1.807) is 23.8 Å². The Hall–Kier alpha value is -3.32. The van der Waals surface area contributed by atoms with E-state index in [1.165, 1.54) is 0 Å². The van der Waals surface area contributed by atoms with Crippen LogP contribution in [0.15, 0.2) is 54.6 Å². The zero-order valence-corrected chi connectivity index (χ0v) is 16.5. The molecule has 1 fully saturated rings. The third-order valence-corrected chi connectivity index (χ3v) is 4.93. The van der Waals surface area contributed by atoms with Gasteiger partial charge in [0.1, 0.15) is 17.2 Å². The molecule has 1 aliphatic heterocycles. The highest BCUT2D eigenvalue weighted by Gasteiger charge is 2.24. The summed E-state index contributed by atoms with van der Waals surface area (Å²) in [5.74, 6) is 1.46. The number of aromatic nitrogens is 2. The lowest BCUT2D eigenvalue weighted by Gasteiger charge is -2.26. The average molecular weight is 393 g/mol. The number of hydrogen-bond donors (Lipinski definition) is 0. The van der Waals surface area contributed by atoms with E-state index in [2.05, 4.69) is 0 Å². The van der Waals surface area contributed by atoms with Crippen molar-refractivity contribution in [3.05, 3.63) is 60.3 Å². The predicted octanol–water partition coefficient (Wildman–Crippen LogP) is 3.03. The maximum atomic E-state index is 13.2. The summed E-state index contributed by atoms with van der Waals surface area (Å²) in [6.07, 6.45) is 0. The second kappa shape index (κ2) is 8.36. The SMILES string of the molecule is COc1ccc(-c2cc(C(=O)N3CCOCC3)n(-c3ccc(OC)cc3)n2)cc1. The van der Waals surface area contributed by atoms with Crippen molar-refractivity contribution in [2.75, 3.05) is 40.5 Å². The van der Waals surface area contributed by atoms with Crippen LogP contribution < -0.4 is 9.47 Å². The van der Waals surface area contributed by atoms with Crippen molar-refractivity contribution in [3.63, 3.8) is 0 Å². The molecule has 0 saturated carbocycles. The van der Waals surface area contributed by atoms with E-state index in [4.69, 9.17) is 19.3 Å². The summed E-state index contributed by atoms with van der Waals surface area (Å²) in [6.45, 7) is 2.25. The molecule has 0 radical (unpaired) electrons. The van der Waals surface area contributed by atoms with Crippen LogP contribution in [0.3, 0.4) is 0 Å². The maximum Gasteiger partial charge on any atom is 0.272 e. The highest BCUT2D eigenvalue weighted by Crippen LogP contribution is 2.25. The van der Waals surface area contributed by atoms with Crippen LogP contribution in [0.4, 0.5) is 0 Å². The molecule has 0 unspecified atom stereocenters. The Balaban J connectivity index is 1.75. The number of amides is 1. The largest absolute Gasteiger partial charge is 0.497 e. The van der Waals surface area contributed by atoms with Crippen LogP contribution in [0, 0.1) is 0 Å². The average Bonchev–Trinajstić information content (AvgIpc) is 3.24. The molecule has 1 aromatic heterocycles. The first kappa shape index (κ1) is 19.0. The lowest BCUT2D eigenvalue weighted by Crippen LogP contribution is -2.41. The second-order valence-electron chi connectivity index (χ2n) is 6.66. The van der Waals surface area contributed by atoms with Crippen LogP contribution in [0.1, 0.15) is 10.5 Å². The van der Waals surface area contributed by atoms with Crippen molar-refractivity contribution >= 4 is 5.91 Å². The molecular weight excluding hydrogens is 370 g/mol. The van der Waals surface area contributed by atoms with Crippen molar-refractivity contribution in [2.45, 2.75) is 0 Å². The van der Waals surface area contributed by atoms with E-state index in [1.807, 2.05) is 54.6 Å². The van der Waals surface area contributed by atoms with Crippen molar-refractivity contribution in [1.82, 2.24) is 14.7 Å². The number of rotatable bonds is 5. The van der Waals surface area contributed by atoms with Crippen molar-refractivity contribution < 1.29 is 19.0 Å². The summed E-state index contributed by atoms with van der Waals surface area (Å²) in [7, 11) is 3.25. The van der Waals surface area contributed by atoms with Gasteiger partial charge in [0.05, 0.1) is 38.8 Å². The highest BCUT2D eigenvalue weighted by molar-refractivity contribution is 5.94. The molecule has 1 saturated heterocycles. The third-order valence-electron chi connectivity index (χ3n) is 4.93. The van der Waals surface area contributed by atoms with E-state index in [0.717, 1.165) is 28.4 Å². The second-order valence-corrected chi connectivity index (χ2v) is 6.66. The molecule has 7 heteroatoms. The molecule has 0 N–H and O–H groups in total. The van der Waals surface area contributed by atoms with Crippen LogP contribution >= 0.6 is 0 Å². The van der Waals surface area contributed by atoms with Crippen LogP contribution in [0.5, 0.6) is 11.5 Å². The quantitative estimate of drug-likeness (QED) is 0.667. The minimum Gasteiger partial charge on any atom is -0.497 e. The van der Waals surface area contributed by atoms with Gasteiger partial charge in [-0.3, -0.25) is 4.79 Å². The summed E-state index contributed by atoms with van der Waals surface area (Å²) in [4.78, 5) is 15.0. The first-order chi connectivity index (χ1) is 14.2. The molecule has 0 spiro atoms. The number of methoxy groups -OCH3 is 2. The van der Waals surface area contributed by atoms with Gasteiger partial charge < -0.3 is 19.1 Å². The molecular formula is C22H23N3O4. The molecule has 0 atom stereocenters. The lowest BCUT2D eigenvalue weighted by molar-refractivity contribution is 0.0297. The Labute approximate surface area is 169 Å². The van der Waals surface area contributed by atoms with Crippen LogP contribution in [0.2, 0.25) is 0 Å². The number of nitrogens with zero attached hydrogens (tertiary/aromatic N) is 3. The van der Waals surface area contributed by atoms with Gasteiger partial charge in [-0.25, -0.2) is 4.68 Å². The first-order valence-corrected chi connectivity index (χ1v) is 9.45. The minimum absolute atomic E-state index is 0.0589. The summed E-state index contributed by atoms with van der Waals surface area (Å²) < 4.78 is 17.5. The zero-order chi connectivity index (χ0) is 20.2. The molecule has 2 aromatic carbocycles. The molecule has 0 bridgehead atoms. The molecule has 7 nitrogen and oxygen atoms in total. The third kappa shape index (κ3) is 3.95. The Morgan fingerprint density at radius 1 is 0.931 bits per heavy atom. The van der Waals surface area contributed by atoms with Gasteiger partial charge in [-0.05, 0) is 54.6 Å². The standard InChI is InChI=1S/C22H23N3O4/c1-27-18-7-3-16(4-8-18)20-15-21(22(26)24-11-13-29-14-12-24)25(23-20)17-5-9-19(28-2)10-6-17/h3-10,15H,11-14H2,1-2H3. The molecule has 0 aliphatic carbocycles. The van der Waals surface area contributed by atoms with Crippen molar-refractivity contribution in [3.8, 4) is 28.4 Å². The Morgan fingerprint density at radius 2 is 1.52 bits per heavy atom. The molecule has 4 rings (SSSR count). The molecule has 1 aliphatic rings. The number of benzene rings is 2. The fourth-order valence-electron chi connectivity index (χ4n) is 3.28. The first-order valence-electron chi connectivity index (χ1n) is 9.45. The highest BCUT2D eigenvalue weighted by atomic mass is 16.5. The smallest absolute Gasteiger partial charge is 0.272 e. The topological polar surface area (TPSA) is 65.8 Å². The van der Waals surface area contributed by atoms with Gasteiger partial charge in [-0.1, -0.05) is 0 Å². The summed E-state index contributed by atoms with van der Waals surface area (Å²) in [6, 6.07) is 16.9. The molecule has 150 valence electrons. The summed E-state index contributed by atoms with van der Waals surface area (Å²) >= 11 is 0. The number of carbonyl (C=O) groups is 1. The fourth-order valence-corrected chi connectivity index (χ4v) is 3.28. The van der Waals surface area contributed by atoms with Gasteiger partial charge in [-0.2, -0.15) is 5.10 Å². The lowest BCUT2D eigenvalue weighted by atomic mass is 10.1. The molecule has 1 amide bonds. The van der Waals surface area contributed by atoms with Crippen molar-refractivity contribution in [1.29, 1.82) is 0 Å². The normalized spacial score (nSPS) is 13.9. The van der Waals surface area contributed by atoms with Gasteiger partial charge >= 0.3 is 0 Å². The fraction of sp³-hybridized carbons (Fsp3) is 0.273. The van der Waals surface area contributed by atoms with Gasteiger partial charge in [0, 0.05) is 18.7 Å². The number of morpholine rings is 1. The van der Waals surface area contributed by atoms with Crippen LogP contribution in [-0.4, -0.2) is 61.1 Å². The van der Waals surface area contributed by atoms with E-state index in [-0.39, 0.29) is 5.91 Å². The number of carbonyl (C=O) groups excluding carboxylic acids is 1. The Bertz CT molecular complexity index is 974. The minimum atomic E-state index is -0.0589. The number of hydrogen-bond acceptors (Lipinski definition) is 5. The van der Waals surface area contributed by atoms with E-state index in [9.17, 15) is 4.79 Å². The summed E-state index contributed by atoms with van der Waals surface area (Å²) in [5, 5.41) is 4.73. The monoisotopic (exact) mass is 393 g/mol. The van der Waals surface area contributed by atoms with Crippen LogP contribution in [0.25, 0.3) is 16.9 Å². The Morgan fingerprint density at radius 3 is 2.10 bits per heavy atom. The van der Waals surface area contributed by atoms with E-state index in [0.29, 0.717) is 32.0 Å². The van der Waals surface area contributed by atoms with Crippen molar-refractivity contribution in [2.24, 2.45) is 0 Å². The van der Waals surface area contributed by atoms with E-state index >= 15 is 0 Å².